The molecule has 6 nitrogen and oxygen atoms in total. The molecule has 0 atom stereocenters. The van der Waals surface area contributed by atoms with Gasteiger partial charge in [-0.2, -0.15) is 4.37 Å². The third-order valence-corrected chi connectivity index (χ3v) is 5.14. The highest BCUT2D eigenvalue weighted by atomic mass is 35.5. The molecule has 0 saturated carbocycles. The highest BCUT2D eigenvalue weighted by Gasteiger charge is 2.14. The first-order chi connectivity index (χ1) is 11.2. The molecule has 120 valence electrons. The van der Waals surface area contributed by atoms with Gasteiger partial charge in [0.1, 0.15) is 5.82 Å². The summed E-state index contributed by atoms with van der Waals surface area (Å²) in [6.07, 6.45) is 0.708. The smallest absolute Gasteiger partial charge is 0.198 e. The topological polar surface area (TPSA) is 65.7 Å². The quantitative estimate of drug-likeness (QED) is 0.665. The van der Waals surface area contributed by atoms with Crippen LogP contribution in [0.2, 0.25) is 5.02 Å². The van der Waals surface area contributed by atoms with Crippen molar-refractivity contribution in [3.8, 4) is 11.4 Å². The number of hydrogen-bond acceptors (Lipinski definition) is 7. The van der Waals surface area contributed by atoms with E-state index >= 15 is 0 Å². The van der Waals surface area contributed by atoms with Crippen molar-refractivity contribution in [3.05, 3.63) is 35.1 Å². The fourth-order valence-electron chi connectivity index (χ4n) is 1.94. The lowest BCUT2D eigenvalue weighted by atomic mass is 10.2. The summed E-state index contributed by atoms with van der Waals surface area (Å²) in [4.78, 5) is 4.47. The van der Waals surface area contributed by atoms with E-state index in [0.29, 0.717) is 18.1 Å². The van der Waals surface area contributed by atoms with Crippen molar-refractivity contribution in [2.24, 2.45) is 7.05 Å². The van der Waals surface area contributed by atoms with Crippen LogP contribution >= 0.6 is 34.9 Å². The lowest BCUT2D eigenvalue weighted by Gasteiger charge is -2.02. The number of halogens is 1. The molecule has 23 heavy (non-hydrogen) atoms. The summed E-state index contributed by atoms with van der Waals surface area (Å²) in [5.74, 6) is 1.55. The van der Waals surface area contributed by atoms with Crippen molar-refractivity contribution < 1.29 is 4.74 Å². The Hall–Kier alpha value is -1.48. The van der Waals surface area contributed by atoms with E-state index in [1.807, 2.05) is 35.9 Å². The molecule has 0 unspecified atom stereocenters. The van der Waals surface area contributed by atoms with E-state index in [2.05, 4.69) is 19.6 Å². The van der Waals surface area contributed by atoms with Crippen LogP contribution in [0.25, 0.3) is 11.4 Å². The van der Waals surface area contributed by atoms with E-state index in [9.17, 15) is 0 Å². The van der Waals surface area contributed by atoms with Gasteiger partial charge >= 0.3 is 0 Å². The number of ether oxygens (including phenoxy) is 1. The van der Waals surface area contributed by atoms with Gasteiger partial charge in [0.25, 0.3) is 0 Å². The van der Waals surface area contributed by atoms with Gasteiger partial charge in [-0.15, -0.1) is 10.2 Å². The van der Waals surface area contributed by atoms with E-state index in [4.69, 9.17) is 16.3 Å². The van der Waals surface area contributed by atoms with Crippen molar-refractivity contribution >= 4 is 34.9 Å². The Morgan fingerprint density at radius 3 is 3.00 bits per heavy atom. The second kappa shape index (κ2) is 7.39. The largest absolute Gasteiger partial charge is 0.384 e. The van der Waals surface area contributed by atoms with Gasteiger partial charge < -0.3 is 9.30 Å². The predicted molar refractivity (Wildman–Crippen MR) is 91.1 cm³/mol. The van der Waals surface area contributed by atoms with Crippen molar-refractivity contribution in [2.75, 3.05) is 13.7 Å². The van der Waals surface area contributed by atoms with Crippen LogP contribution in [0.3, 0.4) is 0 Å². The molecule has 0 radical (unpaired) electrons. The Morgan fingerprint density at radius 1 is 1.35 bits per heavy atom. The fraction of sp³-hybridized carbons (Fsp3) is 0.286. The second-order valence-electron chi connectivity index (χ2n) is 4.70. The fourth-order valence-corrected chi connectivity index (χ4v) is 3.68. The molecule has 1 aromatic carbocycles. The molecule has 3 aromatic rings. The summed E-state index contributed by atoms with van der Waals surface area (Å²) in [6.45, 7) is 0.615. The van der Waals surface area contributed by atoms with Crippen LogP contribution in [-0.2, 0) is 18.2 Å². The van der Waals surface area contributed by atoms with Gasteiger partial charge in [-0.05, 0) is 35.4 Å². The van der Waals surface area contributed by atoms with Gasteiger partial charge in [-0.1, -0.05) is 23.7 Å². The SMILES string of the molecule is COCCc1nsc(Sc2nnc(-c3cccc(Cl)c3)n2C)n1. The molecular formula is C14H14ClN5OS2. The minimum Gasteiger partial charge on any atom is -0.384 e. The second-order valence-corrected chi connectivity index (χ2v) is 7.10. The van der Waals surface area contributed by atoms with Gasteiger partial charge in [0.2, 0.25) is 0 Å². The molecule has 0 N–H and O–H groups in total. The van der Waals surface area contributed by atoms with Crippen molar-refractivity contribution in [1.29, 1.82) is 0 Å². The van der Waals surface area contributed by atoms with Crippen LogP contribution in [0.4, 0.5) is 0 Å². The molecule has 9 heteroatoms. The lowest BCUT2D eigenvalue weighted by molar-refractivity contribution is 0.200. The Morgan fingerprint density at radius 2 is 2.22 bits per heavy atom. The first-order valence-corrected chi connectivity index (χ1v) is 8.79. The van der Waals surface area contributed by atoms with Gasteiger partial charge in [0.05, 0.1) is 6.61 Å². The van der Waals surface area contributed by atoms with Crippen LogP contribution in [0.15, 0.2) is 33.8 Å². The minimum atomic E-state index is 0.615. The summed E-state index contributed by atoms with van der Waals surface area (Å²) in [6, 6.07) is 7.55. The Labute approximate surface area is 147 Å². The Balaban J connectivity index is 1.78. The van der Waals surface area contributed by atoms with Crippen molar-refractivity contribution in [3.63, 3.8) is 0 Å². The predicted octanol–water partition coefficient (Wildman–Crippen LogP) is 3.33. The molecule has 0 aliphatic heterocycles. The average molecular weight is 368 g/mol. The van der Waals surface area contributed by atoms with Gasteiger partial charge in [0.15, 0.2) is 15.3 Å². The zero-order valence-electron chi connectivity index (χ0n) is 12.6. The maximum Gasteiger partial charge on any atom is 0.198 e. The number of nitrogens with zero attached hydrogens (tertiary/aromatic N) is 5. The van der Waals surface area contributed by atoms with Gasteiger partial charge in [0, 0.05) is 31.2 Å². The van der Waals surface area contributed by atoms with E-state index in [-0.39, 0.29) is 0 Å². The zero-order chi connectivity index (χ0) is 16.2. The monoisotopic (exact) mass is 367 g/mol. The van der Waals surface area contributed by atoms with Crippen LogP contribution in [0.5, 0.6) is 0 Å². The maximum absolute atomic E-state index is 6.04. The number of hydrogen-bond donors (Lipinski definition) is 0. The van der Waals surface area contributed by atoms with Crippen LogP contribution in [0.1, 0.15) is 5.82 Å². The average Bonchev–Trinajstić information content (AvgIpc) is 3.13. The molecule has 0 aliphatic rings. The summed E-state index contributed by atoms with van der Waals surface area (Å²) in [7, 11) is 3.59. The summed E-state index contributed by atoms with van der Waals surface area (Å²) < 4.78 is 12.1. The third-order valence-electron chi connectivity index (χ3n) is 3.08. The van der Waals surface area contributed by atoms with Crippen molar-refractivity contribution in [2.45, 2.75) is 15.9 Å². The van der Waals surface area contributed by atoms with E-state index in [1.54, 1.807) is 7.11 Å². The standard InChI is InChI=1S/C14H14ClN5OS2/c1-20-12(9-4-3-5-10(15)8-9)17-18-13(20)22-14-16-11(19-23-14)6-7-21-2/h3-5,8H,6-7H2,1-2H3. The molecule has 0 spiro atoms. The summed E-state index contributed by atoms with van der Waals surface area (Å²) >= 11 is 8.84. The van der Waals surface area contributed by atoms with E-state index in [1.165, 1.54) is 23.3 Å². The van der Waals surface area contributed by atoms with Crippen LogP contribution in [-0.4, -0.2) is 37.8 Å². The molecule has 0 amide bonds. The number of methoxy groups -OCH3 is 1. The van der Waals surface area contributed by atoms with E-state index in [0.717, 1.165) is 26.7 Å². The molecule has 2 heterocycles. The normalized spacial score (nSPS) is 11.1. The van der Waals surface area contributed by atoms with E-state index < -0.39 is 0 Å². The Bertz CT molecular complexity index is 804. The van der Waals surface area contributed by atoms with Crippen LogP contribution in [0, 0.1) is 0 Å². The minimum absolute atomic E-state index is 0.615. The van der Waals surface area contributed by atoms with Gasteiger partial charge in [-0.25, -0.2) is 4.98 Å². The molecule has 0 aliphatic carbocycles. The number of benzene rings is 1. The lowest BCUT2D eigenvalue weighted by Crippen LogP contribution is -1.96. The molecule has 0 fully saturated rings. The summed E-state index contributed by atoms with van der Waals surface area (Å²) in [5.41, 5.74) is 0.928. The molecule has 2 aromatic heterocycles. The molecular weight excluding hydrogens is 354 g/mol. The number of rotatable bonds is 6. The first kappa shape index (κ1) is 16.4. The third kappa shape index (κ3) is 3.89. The van der Waals surface area contributed by atoms with Crippen molar-refractivity contribution in [1.82, 2.24) is 24.1 Å². The molecule has 0 saturated heterocycles. The molecule has 3 rings (SSSR count). The highest BCUT2D eigenvalue weighted by Crippen LogP contribution is 2.30. The number of aromatic nitrogens is 5. The molecule has 0 bridgehead atoms. The Kier molecular flexibility index (Phi) is 5.27. The highest BCUT2D eigenvalue weighted by molar-refractivity contribution is 8.00. The summed E-state index contributed by atoms with van der Waals surface area (Å²) in [5, 5.41) is 9.92. The van der Waals surface area contributed by atoms with Gasteiger partial charge in [-0.3, -0.25) is 0 Å². The zero-order valence-corrected chi connectivity index (χ0v) is 15.0. The van der Waals surface area contributed by atoms with Crippen LogP contribution < -0.4 is 0 Å². The maximum atomic E-state index is 6.04. The first-order valence-electron chi connectivity index (χ1n) is 6.82.